The zero-order valence-corrected chi connectivity index (χ0v) is 18.4. The van der Waals surface area contributed by atoms with E-state index in [0.29, 0.717) is 34.6 Å². The maximum absolute atomic E-state index is 15.2. The van der Waals surface area contributed by atoms with E-state index in [1.54, 1.807) is 13.2 Å². The molecule has 32 heavy (non-hydrogen) atoms. The molecule has 0 bridgehead atoms. The topological polar surface area (TPSA) is 86.3 Å². The molecule has 0 atom stereocenters. The third-order valence-electron chi connectivity index (χ3n) is 5.65. The molecule has 1 aliphatic rings. The Kier molecular flexibility index (Phi) is 6.75. The molecule has 4 rings (SSSR count). The summed E-state index contributed by atoms with van der Waals surface area (Å²) >= 11 is 0. The number of pyridine rings is 1. The monoisotopic (exact) mass is 437 g/mol. The van der Waals surface area contributed by atoms with Gasteiger partial charge in [-0.2, -0.15) is 0 Å². The van der Waals surface area contributed by atoms with Gasteiger partial charge >= 0.3 is 0 Å². The van der Waals surface area contributed by atoms with Crippen LogP contribution in [0.4, 0.5) is 21.7 Å². The number of piperazine rings is 1. The van der Waals surface area contributed by atoms with Crippen molar-refractivity contribution in [2.45, 2.75) is 26.3 Å². The normalized spacial score (nSPS) is 14.5. The molecular weight excluding hydrogens is 409 g/mol. The number of aromatic nitrogens is 3. The molecule has 1 aliphatic heterocycles. The van der Waals surface area contributed by atoms with Gasteiger partial charge in [-0.1, -0.05) is 6.92 Å². The number of amides is 1. The van der Waals surface area contributed by atoms with E-state index in [2.05, 4.69) is 35.4 Å². The van der Waals surface area contributed by atoms with Gasteiger partial charge in [0.1, 0.15) is 23.5 Å². The van der Waals surface area contributed by atoms with Crippen LogP contribution < -0.4 is 15.5 Å². The van der Waals surface area contributed by atoms with Crippen LogP contribution in [-0.4, -0.2) is 59.0 Å². The molecule has 9 heteroatoms. The fraction of sp³-hybridized carbons (Fsp3) is 0.391. The van der Waals surface area contributed by atoms with Gasteiger partial charge in [0.05, 0.1) is 5.69 Å². The first-order chi connectivity index (χ1) is 15.6. The summed E-state index contributed by atoms with van der Waals surface area (Å²) in [6.07, 6.45) is 4.39. The molecular formula is C23H28FN7O. The summed E-state index contributed by atoms with van der Waals surface area (Å²) in [4.78, 5) is 28.8. The van der Waals surface area contributed by atoms with Crippen LogP contribution in [0, 0.1) is 5.82 Å². The number of nitrogens with one attached hydrogen (secondary N) is 2. The summed E-state index contributed by atoms with van der Waals surface area (Å²) < 4.78 is 15.2. The zero-order chi connectivity index (χ0) is 22.5. The SMILES string of the molecule is CCCC(=O)Nc1cc(CN2CCN(c3ccc4c(NC)ncnc4c3F)CC2)ccn1. The van der Waals surface area contributed by atoms with Crippen LogP contribution >= 0.6 is 0 Å². The zero-order valence-electron chi connectivity index (χ0n) is 18.4. The molecule has 0 unspecified atom stereocenters. The van der Waals surface area contributed by atoms with Gasteiger partial charge in [0, 0.05) is 57.8 Å². The van der Waals surface area contributed by atoms with Crippen molar-refractivity contribution in [2.75, 3.05) is 48.8 Å². The average molecular weight is 438 g/mol. The second-order valence-corrected chi connectivity index (χ2v) is 7.88. The van der Waals surface area contributed by atoms with Crippen LogP contribution in [0.15, 0.2) is 36.8 Å². The Morgan fingerprint density at radius 1 is 1.12 bits per heavy atom. The summed E-state index contributed by atoms with van der Waals surface area (Å²) in [5.41, 5.74) is 2.00. The number of benzene rings is 1. The molecule has 3 aromatic rings. The Morgan fingerprint density at radius 3 is 2.69 bits per heavy atom. The van der Waals surface area contributed by atoms with Gasteiger partial charge in [-0.3, -0.25) is 9.69 Å². The number of hydrogen-bond acceptors (Lipinski definition) is 7. The lowest BCUT2D eigenvalue weighted by atomic mass is 10.1. The molecule has 1 amide bonds. The highest BCUT2D eigenvalue weighted by atomic mass is 19.1. The molecule has 3 heterocycles. The average Bonchev–Trinajstić information content (AvgIpc) is 2.80. The lowest BCUT2D eigenvalue weighted by Gasteiger charge is -2.36. The van der Waals surface area contributed by atoms with E-state index in [1.165, 1.54) is 6.33 Å². The summed E-state index contributed by atoms with van der Waals surface area (Å²) in [6, 6.07) is 7.56. The maximum Gasteiger partial charge on any atom is 0.225 e. The summed E-state index contributed by atoms with van der Waals surface area (Å²) in [5.74, 6) is 0.875. The lowest BCUT2D eigenvalue weighted by Crippen LogP contribution is -2.46. The first kappa shape index (κ1) is 21.9. The Hall–Kier alpha value is -3.33. The number of hydrogen-bond donors (Lipinski definition) is 2. The van der Waals surface area contributed by atoms with Crippen molar-refractivity contribution >= 4 is 34.1 Å². The van der Waals surface area contributed by atoms with Crippen LogP contribution in [0.3, 0.4) is 0 Å². The third kappa shape index (κ3) is 4.77. The van der Waals surface area contributed by atoms with Crippen molar-refractivity contribution in [3.8, 4) is 0 Å². The van der Waals surface area contributed by atoms with Crippen molar-refractivity contribution < 1.29 is 9.18 Å². The Morgan fingerprint density at radius 2 is 1.94 bits per heavy atom. The minimum atomic E-state index is -0.309. The van der Waals surface area contributed by atoms with E-state index in [4.69, 9.17) is 0 Å². The predicted molar refractivity (Wildman–Crippen MR) is 124 cm³/mol. The molecule has 1 fully saturated rings. The number of halogens is 1. The first-order valence-electron chi connectivity index (χ1n) is 10.9. The van der Waals surface area contributed by atoms with Gasteiger partial charge in [-0.25, -0.2) is 19.3 Å². The minimum Gasteiger partial charge on any atom is -0.373 e. The number of nitrogens with zero attached hydrogens (tertiary/aromatic N) is 5. The molecule has 0 radical (unpaired) electrons. The molecule has 168 valence electrons. The molecule has 0 saturated carbocycles. The quantitative estimate of drug-likeness (QED) is 0.587. The van der Waals surface area contributed by atoms with Crippen LogP contribution in [0.2, 0.25) is 0 Å². The van der Waals surface area contributed by atoms with E-state index in [0.717, 1.165) is 44.7 Å². The highest BCUT2D eigenvalue weighted by Crippen LogP contribution is 2.29. The largest absolute Gasteiger partial charge is 0.373 e. The van der Waals surface area contributed by atoms with Crippen molar-refractivity contribution in [1.29, 1.82) is 0 Å². The van der Waals surface area contributed by atoms with Crippen molar-refractivity contribution in [2.24, 2.45) is 0 Å². The molecule has 0 spiro atoms. The fourth-order valence-electron chi connectivity index (χ4n) is 4.01. The third-order valence-corrected chi connectivity index (χ3v) is 5.65. The number of carbonyl (C=O) groups is 1. The van der Waals surface area contributed by atoms with Crippen molar-refractivity contribution in [1.82, 2.24) is 19.9 Å². The van der Waals surface area contributed by atoms with Gasteiger partial charge < -0.3 is 15.5 Å². The minimum absolute atomic E-state index is 0.0183. The van der Waals surface area contributed by atoms with Crippen molar-refractivity contribution in [3.05, 3.63) is 48.2 Å². The van der Waals surface area contributed by atoms with Crippen LogP contribution in [0.25, 0.3) is 10.9 Å². The van der Waals surface area contributed by atoms with Gasteiger partial charge in [-0.15, -0.1) is 0 Å². The van der Waals surface area contributed by atoms with Crippen LogP contribution in [0.1, 0.15) is 25.3 Å². The van der Waals surface area contributed by atoms with E-state index in [-0.39, 0.29) is 11.7 Å². The van der Waals surface area contributed by atoms with Crippen molar-refractivity contribution in [3.63, 3.8) is 0 Å². The van der Waals surface area contributed by atoms with Gasteiger partial charge in [0.2, 0.25) is 5.91 Å². The van der Waals surface area contributed by atoms with Gasteiger partial charge in [0.25, 0.3) is 0 Å². The Bertz CT molecular complexity index is 1100. The van der Waals surface area contributed by atoms with E-state index >= 15 is 4.39 Å². The second-order valence-electron chi connectivity index (χ2n) is 7.88. The van der Waals surface area contributed by atoms with Gasteiger partial charge in [0.15, 0.2) is 5.82 Å². The van der Waals surface area contributed by atoms with E-state index in [9.17, 15) is 4.79 Å². The molecule has 1 saturated heterocycles. The van der Waals surface area contributed by atoms with Crippen LogP contribution in [-0.2, 0) is 11.3 Å². The molecule has 0 aliphatic carbocycles. The lowest BCUT2D eigenvalue weighted by molar-refractivity contribution is -0.116. The Labute approximate surface area is 186 Å². The second kappa shape index (κ2) is 9.86. The highest BCUT2D eigenvalue weighted by Gasteiger charge is 2.22. The number of anilines is 3. The summed E-state index contributed by atoms with van der Waals surface area (Å²) in [7, 11) is 1.76. The van der Waals surface area contributed by atoms with Crippen LogP contribution in [0.5, 0.6) is 0 Å². The Balaban J connectivity index is 1.40. The van der Waals surface area contributed by atoms with Gasteiger partial charge in [-0.05, 0) is 36.2 Å². The summed E-state index contributed by atoms with van der Waals surface area (Å²) in [6.45, 7) is 5.78. The number of fused-ring (bicyclic) bond motifs is 1. The maximum atomic E-state index is 15.2. The van der Waals surface area contributed by atoms with E-state index in [1.807, 2.05) is 31.2 Å². The predicted octanol–water partition coefficient (Wildman–Crippen LogP) is 3.27. The molecule has 1 aromatic carbocycles. The molecule has 2 aromatic heterocycles. The standard InChI is InChI=1S/C23H28FN7O/c1-3-4-20(32)29-19-13-16(7-8-26-19)14-30-9-11-31(12-10-30)18-6-5-17-22(21(18)24)27-15-28-23(17)25-2/h5-8,13,15H,3-4,9-12,14H2,1-2H3,(H,25,27,28)(H,26,29,32). The highest BCUT2D eigenvalue weighted by molar-refractivity contribution is 5.91. The fourth-order valence-corrected chi connectivity index (χ4v) is 4.01. The van der Waals surface area contributed by atoms with E-state index < -0.39 is 0 Å². The number of carbonyl (C=O) groups excluding carboxylic acids is 1. The summed E-state index contributed by atoms with van der Waals surface area (Å²) in [5, 5.41) is 6.50. The number of rotatable bonds is 7. The smallest absolute Gasteiger partial charge is 0.225 e. The molecule has 2 N–H and O–H groups in total. The molecule has 8 nitrogen and oxygen atoms in total. The first-order valence-corrected chi connectivity index (χ1v) is 10.9.